The molecule has 0 spiro atoms. The number of nitrogens with one attached hydrogen (secondary N) is 1. The first-order chi connectivity index (χ1) is 16.6. The summed E-state index contributed by atoms with van der Waals surface area (Å²) in [6.45, 7) is 11.2. The van der Waals surface area contributed by atoms with Gasteiger partial charge < -0.3 is 5.32 Å². The lowest BCUT2D eigenvalue weighted by Gasteiger charge is -2.43. The molecule has 1 aromatic rings. The van der Waals surface area contributed by atoms with Gasteiger partial charge >= 0.3 is 0 Å². The zero-order valence-corrected chi connectivity index (χ0v) is 22.5. The first-order valence-electron chi connectivity index (χ1n) is 14.0. The second kappa shape index (κ2) is 12.0. The summed E-state index contributed by atoms with van der Waals surface area (Å²) in [7, 11) is 0. The number of carbonyl (C=O) groups excluding carboxylic acids is 1. The maximum absolute atomic E-state index is 14.2. The van der Waals surface area contributed by atoms with Crippen LogP contribution in [0, 0.1) is 17.8 Å². The number of halogens is 2. The van der Waals surface area contributed by atoms with Crippen molar-refractivity contribution in [3.63, 3.8) is 0 Å². The largest absolute Gasteiger partial charge is 0.350 e. The molecule has 1 aliphatic carbocycles. The molecule has 3 atom stereocenters. The number of allylic oxidation sites excluding steroid dienone is 1. The molecule has 1 aliphatic heterocycles. The van der Waals surface area contributed by atoms with E-state index in [2.05, 4.69) is 37.9 Å². The predicted octanol–water partition coefficient (Wildman–Crippen LogP) is 8.61. The van der Waals surface area contributed by atoms with Crippen LogP contribution in [0.3, 0.4) is 0 Å². The van der Waals surface area contributed by atoms with Crippen molar-refractivity contribution in [2.75, 3.05) is 0 Å². The molecular weight excluding hydrogens is 440 g/mol. The van der Waals surface area contributed by atoms with Gasteiger partial charge in [-0.2, -0.15) is 0 Å². The Kier molecular flexibility index (Phi) is 9.57. The zero-order valence-electron chi connectivity index (χ0n) is 22.5. The van der Waals surface area contributed by atoms with Crippen LogP contribution in [-0.4, -0.2) is 17.4 Å². The molecule has 0 aromatic heterocycles. The van der Waals surface area contributed by atoms with E-state index in [1.807, 2.05) is 12.1 Å². The van der Waals surface area contributed by atoms with Crippen molar-refractivity contribution in [3.8, 4) is 0 Å². The highest BCUT2D eigenvalue weighted by molar-refractivity contribution is 5.77. The van der Waals surface area contributed by atoms with E-state index < -0.39 is 11.8 Å². The molecule has 0 radical (unpaired) electrons. The average molecular weight is 488 g/mol. The first-order valence-corrected chi connectivity index (χ1v) is 14.0. The van der Waals surface area contributed by atoms with Crippen molar-refractivity contribution in [3.05, 3.63) is 47.5 Å². The summed E-state index contributed by atoms with van der Waals surface area (Å²) < 4.78 is 28.5. The van der Waals surface area contributed by atoms with Crippen LogP contribution in [-0.2, 0) is 11.2 Å². The molecule has 0 bridgehead atoms. The topological polar surface area (TPSA) is 29.1 Å². The number of carbonyl (C=O) groups is 1. The Morgan fingerprint density at radius 1 is 1.23 bits per heavy atom. The summed E-state index contributed by atoms with van der Waals surface area (Å²) >= 11 is 0. The molecule has 2 nitrogen and oxygen atoms in total. The third-order valence-electron chi connectivity index (χ3n) is 9.03. The molecule has 4 heteroatoms. The Morgan fingerprint density at radius 3 is 2.51 bits per heavy atom. The molecule has 196 valence electrons. The van der Waals surface area contributed by atoms with Crippen molar-refractivity contribution in [2.45, 2.75) is 122 Å². The molecule has 35 heavy (non-hydrogen) atoms. The van der Waals surface area contributed by atoms with Gasteiger partial charge in [0.25, 0.3) is 5.92 Å². The standard InChI is InChI=1S/C31H47F2NO/c1-6-19-31(20-9-12-29(35)34-31)23(4)13-14-24-15-17-25(18-16-24)27-11-8-7-10-26(27)21-28(22(2)3)30(5,32)33/h7-8,10-11,23-25,28H,2,6,9,12-21H2,1,3-5H3,(H,34,35). The molecule has 1 heterocycles. The van der Waals surface area contributed by atoms with Gasteiger partial charge in [0.2, 0.25) is 5.91 Å². The maximum atomic E-state index is 14.2. The van der Waals surface area contributed by atoms with E-state index in [9.17, 15) is 13.6 Å². The fraction of sp³-hybridized carbons (Fsp3) is 0.710. The van der Waals surface area contributed by atoms with Crippen LogP contribution >= 0.6 is 0 Å². The fourth-order valence-electron chi connectivity index (χ4n) is 6.87. The SMILES string of the molecule is C=C(C)C(Cc1ccccc1C1CCC(CCC(C)C2(CCC)CCCC(=O)N2)CC1)C(C)(F)F. The minimum atomic E-state index is -2.76. The van der Waals surface area contributed by atoms with Gasteiger partial charge in [-0.3, -0.25) is 4.79 Å². The van der Waals surface area contributed by atoms with Crippen LogP contribution in [0.15, 0.2) is 36.4 Å². The second-order valence-corrected chi connectivity index (χ2v) is 11.8. The average Bonchev–Trinajstić information content (AvgIpc) is 2.81. The first kappa shape index (κ1) is 27.9. The van der Waals surface area contributed by atoms with E-state index in [-0.39, 0.29) is 11.4 Å². The van der Waals surface area contributed by atoms with E-state index in [0.29, 0.717) is 30.3 Å². The number of piperidine rings is 1. The number of amides is 1. The molecule has 1 aromatic carbocycles. The van der Waals surface area contributed by atoms with Crippen LogP contribution in [0.4, 0.5) is 8.78 Å². The maximum Gasteiger partial charge on any atom is 0.252 e. The quantitative estimate of drug-likeness (QED) is 0.311. The van der Waals surface area contributed by atoms with E-state index in [1.165, 1.54) is 24.8 Å². The molecule has 1 saturated heterocycles. The summed E-state index contributed by atoms with van der Waals surface area (Å²) in [5.41, 5.74) is 2.87. The lowest BCUT2D eigenvalue weighted by atomic mass is 9.70. The van der Waals surface area contributed by atoms with Crippen LogP contribution < -0.4 is 5.32 Å². The van der Waals surface area contributed by atoms with Crippen LogP contribution in [0.5, 0.6) is 0 Å². The van der Waals surface area contributed by atoms with E-state index >= 15 is 0 Å². The van der Waals surface area contributed by atoms with Gasteiger partial charge in [-0.1, -0.05) is 63.1 Å². The van der Waals surface area contributed by atoms with Gasteiger partial charge in [-0.05, 0) is 101 Å². The van der Waals surface area contributed by atoms with Crippen LogP contribution in [0.1, 0.15) is 115 Å². The molecule has 1 N–H and O–H groups in total. The number of alkyl halides is 2. The highest BCUT2D eigenvalue weighted by Crippen LogP contribution is 2.42. The van der Waals surface area contributed by atoms with Crippen molar-refractivity contribution in [2.24, 2.45) is 17.8 Å². The molecule has 2 fully saturated rings. The molecule has 3 rings (SSSR count). The summed E-state index contributed by atoms with van der Waals surface area (Å²) in [5, 5.41) is 3.39. The van der Waals surface area contributed by atoms with Crippen LogP contribution in [0.25, 0.3) is 0 Å². The number of rotatable bonds is 11. The van der Waals surface area contributed by atoms with E-state index in [0.717, 1.165) is 63.4 Å². The Bertz CT molecular complexity index is 848. The van der Waals surface area contributed by atoms with Gasteiger partial charge in [0.1, 0.15) is 0 Å². The normalized spacial score (nSPS) is 27.2. The lowest BCUT2D eigenvalue weighted by Crippen LogP contribution is -2.55. The van der Waals surface area contributed by atoms with Crippen molar-refractivity contribution < 1.29 is 13.6 Å². The summed E-state index contributed by atoms with van der Waals surface area (Å²) in [4.78, 5) is 12.2. The number of hydrogen-bond donors (Lipinski definition) is 1. The lowest BCUT2D eigenvalue weighted by molar-refractivity contribution is -0.126. The van der Waals surface area contributed by atoms with Crippen molar-refractivity contribution in [1.29, 1.82) is 0 Å². The molecule has 1 saturated carbocycles. The summed E-state index contributed by atoms with van der Waals surface area (Å²) in [5.74, 6) is -1.68. The Labute approximate surface area is 212 Å². The Hall–Kier alpha value is -1.71. The van der Waals surface area contributed by atoms with Gasteiger partial charge in [0, 0.05) is 17.9 Å². The second-order valence-electron chi connectivity index (χ2n) is 11.8. The third-order valence-corrected chi connectivity index (χ3v) is 9.03. The fourth-order valence-corrected chi connectivity index (χ4v) is 6.87. The van der Waals surface area contributed by atoms with E-state index in [4.69, 9.17) is 0 Å². The Morgan fingerprint density at radius 2 is 1.91 bits per heavy atom. The van der Waals surface area contributed by atoms with E-state index in [1.54, 1.807) is 6.92 Å². The zero-order chi connectivity index (χ0) is 25.6. The minimum Gasteiger partial charge on any atom is -0.350 e. The smallest absolute Gasteiger partial charge is 0.252 e. The predicted molar refractivity (Wildman–Crippen MR) is 142 cm³/mol. The van der Waals surface area contributed by atoms with Gasteiger partial charge in [0.15, 0.2) is 0 Å². The molecular formula is C31H47F2NO. The van der Waals surface area contributed by atoms with Crippen molar-refractivity contribution >= 4 is 5.91 Å². The Balaban J connectivity index is 1.58. The van der Waals surface area contributed by atoms with Crippen LogP contribution in [0.2, 0.25) is 0 Å². The van der Waals surface area contributed by atoms with Gasteiger partial charge in [-0.15, -0.1) is 0 Å². The highest BCUT2D eigenvalue weighted by Gasteiger charge is 2.39. The number of benzene rings is 1. The monoisotopic (exact) mass is 487 g/mol. The molecule has 1 amide bonds. The summed E-state index contributed by atoms with van der Waals surface area (Å²) in [6, 6.07) is 8.23. The molecule has 2 aliphatic rings. The van der Waals surface area contributed by atoms with Gasteiger partial charge in [0.05, 0.1) is 0 Å². The number of hydrogen-bond acceptors (Lipinski definition) is 1. The van der Waals surface area contributed by atoms with Gasteiger partial charge in [-0.25, -0.2) is 8.78 Å². The van der Waals surface area contributed by atoms with Crippen molar-refractivity contribution in [1.82, 2.24) is 5.32 Å². The highest BCUT2D eigenvalue weighted by atomic mass is 19.3. The summed E-state index contributed by atoms with van der Waals surface area (Å²) in [6.07, 6.45) is 12.4. The third kappa shape index (κ3) is 7.17. The molecule has 3 unspecified atom stereocenters. The minimum absolute atomic E-state index is 0.0125.